The predicted octanol–water partition coefficient (Wildman–Crippen LogP) is 1.30. The number of phenolic OH excluding ortho intramolecular Hbond substituents is 1. The lowest BCUT2D eigenvalue weighted by Gasteiger charge is -2.31. The van der Waals surface area contributed by atoms with Crippen LogP contribution in [-0.4, -0.2) is 42.0 Å². The van der Waals surface area contributed by atoms with Gasteiger partial charge in [0.15, 0.2) is 0 Å². The van der Waals surface area contributed by atoms with E-state index in [0.717, 1.165) is 18.5 Å². The van der Waals surface area contributed by atoms with Gasteiger partial charge in [-0.05, 0) is 25.0 Å². The number of nitrogens with zero attached hydrogens (tertiary/aromatic N) is 5. The number of aromatic hydroxyl groups is 1. The highest BCUT2D eigenvalue weighted by atomic mass is 16.5. The van der Waals surface area contributed by atoms with Crippen molar-refractivity contribution < 1.29 is 9.84 Å². The maximum atomic E-state index is 10.3. The minimum Gasteiger partial charge on any atom is -0.507 e. The summed E-state index contributed by atoms with van der Waals surface area (Å²) in [7, 11) is 0. The summed E-state index contributed by atoms with van der Waals surface area (Å²) in [6, 6.07) is 5.69. The van der Waals surface area contributed by atoms with Crippen molar-refractivity contribution in [1.29, 1.82) is 0 Å². The van der Waals surface area contributed by atoms with E-state index in [1.165, 1.54) is 6.20 Å². The van der Waals surface area contributed by atoms with Crippen LogP contribution in [0.1, 0.15) is 12.8 Å². The van der Waals surface area contributed by atoms with Gasteiger partial charge in [0.25, 0.3) is 0 Å². The largest absolute Gasteiger partial charge is 0.507 e. The fraction of sp³-hybridized carbons (Fsp3) is 0.250. The Morgan fingerprint density at radius 2 is 2.12 bits per heavy atom. The average molecular weight is 324 g/mol. The SMILES string of the molecule is N[C@H]1C[C@@H](Oc2ncc(-c3ccc(-n4ccnc4)cc3O)nn2)C1. The van der Waals surface area contributed by atoms with Crippen molar-refractivity contribution in [2.75, 3.05) is 0 Å². The second kappa shape index (κ2) is 5.89. The third-order valence-corrected chi connectivity index (χ3v) is 4.00. The van der Waals surface area contributed by atoms with Crippen LogP contribution < -0.4 is 10.5 Å². The molecule has 3 N–H and O–H groups in total. The Morgan fingerprint density at radius 1 is 1.25 bits per heavy atom. The lowest BCUT2D eigenvalue weighted by atomic mass is 9.90. The van der Waals surface area contributed by atoms with Crippen molar-refractivity contribution in [2.45, 2.75) is 25.0 Å². The first-order valence-corrected chi connectivity index (χ1v) is 7.63. The van der Waals surface area contributed by atoms with Crippen LogP contribution in [0.3, 0.4) is 0 Å². The summed E-state index contributed by atoms with van der Waals surface area (Å²) < 4.78 is 7.37. The Hall–Kier alpha value is -3.00. The zero-order valence-corrected chi connectivity index (χ0v) is 12.8. The minimum absolute atomic E-state index is 0.0653. The molecule has 0 unspecified atom stereocenters. The fourth-order valence-electron chi connectivity index (χ4n) is 2.60. The molecule has 24 heavy (non-hydrogen) atoms. The van der Waals surface area contributed by atoms with Crippen molar-refractivity contribution >= 4 is 0 Å². The van der Waals surface area contributed by atoms with Gasteiger partial charge in [-0.25, -0.2) is 9.97 Å². The monoisotopic (exact) mass is 324 g/mol. The van der Waals surface area contributed by atoms with Gasteiger partial charge in [0.05, 0.1) is 18.2 Å². The number of ether oxygens (including phenoxy) is 1. The topological polar surface area (TPSA) is 112 Å². The first kappa shape index (κ1) is 14.6. The second-order valence-corrected chi connectivity index (χ2v) is 5.77. The first-order valence-electron chi connectivity index (χ1n) is 7.63. The van der Waals surface area contributed by atoms with E-state index in [1.54, 1.807) is 35.4 Å². The molecule has 1 aliphatic rings. The molecule has 122 valence electrons. The summed E-state index contributed by atoms with van der Waals surface area (Å²) in [5, 5.41) is 18.3. The number of rotatable bonds is 4. The van der Waals surface area contributed by atoms with Gasteiger partial charge in [-0.15, -0.1) is 5.10 Å². The number of hydrogen-bond acceptors (Lipinski definition) is 7. The zero-order valence-electron chi connectivity index (χ0n) is 12.8. The van der Waals surface area contributed by atoms with Crippen molar-refractivity contribution in [3.8, 4) is 28.7 Å². The first-order chi connectivity index (χ1) is 11.7. The summed E-state index contributed by atoms with van der Waals surface area (Å²) in [5.74, 6) is 0.0935. The number of benzene rings is 1. The van der Waals surface area contributed by atoms with Crippen molar-refractivity contribution in [1.82, 2.24) is 24.7 Å². The van der Waals surface area contributed by atoms with E-state index >= 15 is 0 Å². The molecular formula is C16H16N6O2. The summed E-state index contributed by atoms with van der Waals surface area (Å²) in [5.41, 5.74) is 7.54. The van der Waals surface area contributed by atoms with E-state index in [4.69, 9.17) is 10.5 Å². The van der Waals surface area contributed by atoms with Gasteiger partial charge >= 0.3 is 6.01 Å². The Labute approximate surface area is 138 Å². The predicted molar refractivity (Wildman–Crippen MR) is 85.7 cm³/mol. The number of phenols is 1. The molecule has 8 heteroatoms. The van der Waals surface area contributed by atoms with E-state index in [-0.39, 0.29) is 23.9 Å². The van der Waals surface area contributed by atoms with Crippen LogP contribution in [0.2, 0.25) is 0 Å². The van der Waals surface area contributed by atoms with Crippen molar-refractivity contribution in [3.63, 3.8) is 0 Å². The second-order valence-electron chi connectivity index (χ2n) is 5.77. The summed E-state index contributed by atoms with van der Waals surface area (Å²) >= 11 is 0. The minimum atomic E-state index is 0.0653. The van der Waals surface area contributed by atoms with Crippen LogP contribution in [0.4, 0.5) is 0 Å². The molecule has 1 aliphatic carbocycles. The lowest BCUT2D eigenvalue weighted by molar-refractivity contribution is 0.0891. The van der Waals surface area contributed by atoms with Crippen LogP contribution in [0.5, 0.6) is 11.8 Å². The molecule has 0 saturated heterocycles. The Morgan fingerprint density at radius 3 is 2.75 bits per heavy atom. The highest BCUT2D eigenvalue weighted by molar-refractivity contribution is 5.67. The molecule has 0 aliphatic heterocycles. The van der Waals surface area contributed by atoms with Crippen LogP contribution in [-0.2, 0) is 0 Å². The maximum Gasteiger partial charge on any atom is 0.335 e. The third kappa shape index (κ3) is 2.79. The molecule has 1 aromatic carbocycles. The molecule has 0 radical (unpaired) electrons. The molecule has 2 heterocycles. The van der Waals surface area contributed by atoms with E-state index in [1.807, 2.05) is 6.07 Å². The van der Waals surface area contributed by atoms with E-state index in [9.17, 15) is 5.11 Å². The molecule has 4 rings (SSSR count). The molecule has 0 amide bonds. The normalized spacial score (nSPS) is 19.7. The van der Waals surface area contributed by atoms with Crippen LogP contribution in [0.15, 0.2) is 43.1 Å². The van der Waals surface area contributed by atoms with Gasteiger partial charge < -0.3 is 20.1 Å². The van der Waals surface area contributed by atoms with Gasteiger partial charge in [-0.2, -0.15) is 0 Å². The summed E-state index contributed by atoms with van der Waals surface area (Å²) in [6.45, 7) is 0. The Kier molecular flexibility index (Phi) is 3.58. The number of hydrogen-bond donors (Lipinski definition) is 2. The van der Waals surface area contributed by atoms with Gasteiger partial charge in [0, 0.05) is 30.1 Å². The molecule has 2 aromatic heterocycles. The van der Waals surface area contributed by atoms with Crippen molar-refractivity contribution in [3.05, 3.63) is 43.1 Å². The smallest absolute Gasteiger partial charge is 0.335 e. The van der Waals surface area contributed by atoms with Crippen molar-refractivity contribution in [2.24, 2.45) is 5.73 Å². The van der Waals surface area contributed by atoms with Gasteiger partial charge in [-0.3, -0.25) is 0 Å². The van der Waals surface area contributed by atoms with Gasteiger partial charge in [-0.1, -0.05) is 5.10 Å². The lowest BCUT2D eigenvalue weighted by Crippen LogP contribution is -2.43. The summed E-state index contributed by atoms with van der Waals surface area (Å²) in [4.78, 5) is 8.14. The van der Waals surface area contributed by atoms with Gasteiger partial charge in [0.1, 0.15) is 17.5 Å². The average Bonchev–Trinajstić information content (AvgIpc) is 3.09. The quantitative estimate of drug-likeness (QED) is 0.743. The Bertz CT molecular complexity index is 828. The molecular weight excluding hydrogens is 308 g/mol. The molecule has 1 fully saturated rings. The van der Waals surface area contributed by atoms with E-state index in [2.05, 4.69) is 20.2 Å². The fourth-order valence-corrected chi connectivity index (χ4v) is 2.60. The van der Waals surface area contributed by atoms with Crippen LogP contribution in [0, 0.1) is 0 Å². The Balaban J connectivity index is 1.53. The maximum absolute atomic E-state index is 10.3. The molecule has 0 atom stereocenters. The highest BCUT2D eigenvalue weighted by Crippen LogP contribution is 2.29. The van der Waals surface area contributed by atoms with Crippen LogP contribution in [0.25, 0.3) is 16.9 Å². The molecule has 8 nitrogen and oxygen atoms in total. The molecule has 0 bridgehead atoms. The van der Waals surface area contributed by atoms with E-state index < -0.39 is 0 Å². The number of imidazole rings is 1. The van der Waals surface area contributed by atoms with Crippen LogP contribution >= 0.6 is 0 Å². The molecule has 1 saturated carbocycles. The standard InChI is InChI=1S/C16H16N6O2/c17-10-5-12(6-10)24-16-19-8-14(20-21-16)13-2-1-11(7-15(13)23)22-4-3-18-9-22/h1-4,7-10,12,23H,5-6,17H2/t10-,12+. The molecule has 0 spiro atoms. The van der Waals surface area contributed by atoms with E-state index in [0.29, 0.717) is 11.3 Å². The molecule has 3 aromatic rings. The van der Waals surface area contributed by atoms with Gasteiger partial charge in [0.2, 0.25) is 0 Å². The third-order valence-electron chi connectivity index (χ3n) is 4.00. The summed E-state index contributed by atoms with van der Waals surface area (Å²) in [6.07, 6.45) is 8.35. The number of aromatic nitrogens is 5. The number of nitrogens with two attached hydrogens (primary N) is 1. The zero-order chi connectivity index (χ0) is 16.5. The highest BCUT2D eigenvalue weighted by Gasteiger charge is 2.28.